The lowest BCUT2D eigenvalue weighted by Gasteiger charge is -2.15. The largest absolute Gasteiger partial charge is 0.480 e. The van der Waals surface area contributed by atoms with Gasteiger partial charge in [-0.2, -0.15) is 0 Å². The third-order valence-corrected chi connectivity index (χ3v) is 5.17. The first kappa shape index (κ1) is 18.9. The smallest absolute Gasteiger partial charge is 0.321 e. The first-order chi connectivity index (χ1) is 14.2. The van der Waals surface area contributed by atoms with Crippen LogP contribution in [0.2, 0.25) is 0 Å². The second kappa shape index (κ2) is 8.72. The van der Waals surface area contributed by atoms with Gasteiger partial charge in [0.25, 0.3) is 0 Å². The summed E-state index contributed by atoms with van der Waals surface area (Å²) in [6.07, 6.45) is 0.445. The summed E-state index contributed by atoms with van der Waals surface area (Å²) in [5.41, 5.74) is 4.36. The Labute approximate surface area is 170 Å². The van der Waals surface area contributed by atoms with Gasteiger partial charge in [0.1, 0.15) is 6.04 Å². The van der Waals surface area contributed by atoms with Crippen molar-refractivity contribution in [2.24, 2.45) is 0 Å². The highest BCUT2D eigenvalue weighted by Crippen LogP contribution is 2.25. The van der Waals surface area contributed by atoms with Gasteiger partial charge in [-0.1, -0.05) is 91.0 Å². The summed E-state index contributed by atoms with van der Waals surface area (Å²) in [5, 5.41) is 15.2. The summed E-state index contributed by atoms with van der Waals surface area (Å²) >= 11 is 0. The van der Waals surface area contributed by atoms with Crippen LogP contribution in [0.4, 0.5) is 0 Å². The van der Waals surface area contributed by atoms with E-state index in [1.807, 2.05) is 54.6 Å². The van der Waals surface area contributed by atoms with E-state index in [1.165, 1.54) is 10.8 Å². The van der Waals surface area contributed by atoms with E-state index in [4.69, 9.17) is 0 Å². The summed E-state index contributed by atoms with van der Waals surface area (Å²) < 4.78 is 0. The number of benzene rings is 4. The van der Waals surface area contributed by atoms with Crippen molar-refractivity contribution in [2.75, 3.05) is 0 Å². The third-order valence-electron chi connectivity index (χ3n) is 5.17. The molecule has 4 aromatic rings. The maximum atomic E-state index is 11.7. The quantitative estimate of drug-likeness (QED) is 0.457. The van der Waals surface area contributed by atoms with Gasteiger partial charge in [0.15, 0.2) is 0 Å². The summed E-state index contributed by atoms with van der Waals surface area (Å²) in [6.45, 7) is 0.535. The molecule has 0 saturated heterocycles. The molecule has 0 saturated carbocycles. The first-order valence-electron chi connectivity index (χ1n) is 9.77. The van der Waals surface area contributed by atoms with Gasteiger partial charge in [-0.25, -0.2) is 0 Å². The molecule has 0 amide bonds. The predicted molar refractivity (Wildman–Crippen MR) is 118 cm³/mol. The highest BCUT2D eigenvalue weighted by molar-refractivity contribution is 5.87. The molecule has 4 aromatic carbocycles. The number of fused-ring (bicyclic) bond motifs is 1. The van der Waals surface area contributed by atoms with Crippen LogP contribution < -0.4 is 5.32 Å². The van der Waals surface area contributed by atoms with E-state index in [0.717, 1.165) is 22.3 Å². The number of hydrogen-bond donors (Lipinski definition) is 2. The van der Waals surface area contributed by atoms with Gasteiger partial charge in [0.05, 0.1) is 0 Å². The highest BCUT2D eigenvalue weighted by atomic mass is 16.4. The molecule has 4 rings (SSSR count). The molecular formula is C26H23NO2. The van der Waals surface area contributed by atoms with E-state index in [2.05, 4.69) is 47.8 Å². The van der Waals surface area contributed by atoms with Crippen LogP contribution in [0.1, 0.15) is 11.1 Å². The molecule has 0 aliphatic heterocycles. The summed E-state index contributed by atoms with van der Waals surface area (Å²) in [6, 6.07) is 32.1. The fourth-order valence-corrected chi connectivity index (χ4v) is 3.52. The molecule has 0 spiro atoms. The standard InChI is InChI=1S/C26H23NO2/c28-26(29)25(27-18-20-6-2-1-3-7-20)16-19-10-12-22(13-11-19)24-15-14-21-8-4-5-9-23(21)17-24/h1-15,17,25,27H,16,18H2,(H,28,29)/t25-/m0/s1. The lowest BCUT2D eigenvalue weighted by molar-refractivity contribution is -0.139. The van der Waals surface area contributed by atoms with E-state index < -0.39 is 12.0 Å². The minimum Gasteiger partial charge on any atom is -0.480 e. The lowest BCUT2D eigenvalue weighted by atomic mass is 9.98. The number of carbonyl (C=O) groups is 1. The fraction of sp³-hybridized carbons (Fsp3) is 0.115. The van der Waals surface area contributed by atoms with Crippen molar-refractivity contribution in [1.82, 2.24) is 5.32 Å². The average molecular weight is 381 g/mol. The zero-order valence-electron chi connectivity index (χ0n) is 16.1. The molecule has 0 aromatic heterocycles. The van der Waals surface area contributed by atoms with Crippen LogP contribution >= 0.6 is 0 Å². The van der Waals surface area contributed by atoms with Gasteiger partial charge >= 0.3 is 5.97 Å². The molecule has 29 heavy (non-hydrogen) atoms. The Hall–Kier alpha value is -3.43. The van der Waals surface area contributed by atoms with E-state index in [1.54, 1.807) is 0 Å². The SMILES string of the molecule is O=C(O)[C@H](Cc1ccc(-c2ccc3ccccc3c2)cc1)NCc1ccccc1. The Morgan fingerprint density at radius 1 is 0.724 bits per heavy atom. The molecule has 3 nitrogen and oxygen atoms in total. The summed E-state index contributed by atoms with van der Waals surface area (Å²) in [7, 11) is 0. The van der Waals surface area contributed by atoms with E-state index >= 15 is 0 Å². The van der Waals surface area contributed by atoms with Crippen LogP contribution in [0.25, 0.3) is 21.9 Å². The molecule has 1 atom stereocenters. The number of aliphatic carboxylic acids is 1. The molecule has 0 radical (unpaired) electrons. The second-order valence-electron chi connectivity index (χ2n) is 7.22. The lowest BCUT2D eigenvalue weighted by Crippen LogP contribution is -2.38. The van der Waals surface area contributed by atoms with Crippen LogP contribution in [0.5, 0.6) is 0 Å². The van der Waals surface area contributed by atoms with Gasteiger partial charge in [-0.05, 0) is 45.5 Å². The third kappa shape index (κ3) is 4.71. The maximum Gasteiger partial charge on any atom is 0.321 e. The molecule has 2 N–H and O–H groups in total. The molecule has 3 heteroatoms. The molecule has 0 aliphatic carbocycles. The Bertz CT molecular complexity index is 1100. The summed E-state index contributed by atoms with van der Waals surface area (Å²) in [5.74, 6) is -0.834. The Balaban J connectivity index is 1.46. The number of rotatable bonds is 7. The van der Waals surface area contributed by atoms with Gasteiger partial charge in [-0.3, -0.25) is 4.79 Å². The molecule has 0 bridgehead atoms. The van der Waals surface area contributed by atoms with Crippen LogP contribution in [0, 0.1) is 0 Å². The van der Waals surface area contributed by atoms with Crippen molar-refractivity contribution in [3.63, 3.8) is 0 Å². The highest BCUT2D eigenvalue weighted by Gasteiger charge is 2.17. The van der Waals surface area contributed by atoms with E-state index in [9.17, 15) is 9.90 Å². The van der Waals surface area contributed by atoms with Gasteiger partial charge in [-0.15, -0.1) is 0 Å². The minimum absolute atomic E-state index is 0.445. The molecule has 0 fully saturated rings. The van der Waals surface area contributed by atoms with Crippen molar-refractivity contribution >= 4 is 16.7 Å². The molecular weight excluding hydrogens is 358 g/mol. The second-order valence-corrected chi connectivity index (χ2v) is 7.22. The van der Waals surface area contributed by atoms with Crippen LogP contribution in [-0.2, 0) is 17.8 Å². The maximum absolute atomic E-state index is 11.7. The van der Waals surface area contributed by atoms with Crippen LogP contribution in [0.15, 0.2) is 97.1 Å². The predicted octanol–water partition coefficient (Wildman–Crippen LogP) is 5.29. The van der Waals surface area contributed by atoms with Gasteiger partial charge in [0.2, 0.25) is 0 Å². The molecule has 0 unspecified atom stereocenters. The van der Waals surface area contributed by atoms with Crippen molar-refractivity contribution in [2.45, 2.75) is 19.0 Å². The average Bonchev–Trinajstić information content (AvgIpc) is 2.77. The molecule has 0 heterocycles. The van der Waals surface area contributed by atoms with Crippen LogP contribution in [-0.4, -0.2) is 17.1 Å². The van der Waals surface area contributed by atoms with Gasteiger partial charge < -0.3 is 10.4 Å². The Kier molecular flexibility index (Phi) is 5.68. The van der Waals surface area contributed by atoms with Crippen molar-refractivity contribution < 1.29 is 9.90 Å². The molecule has 0 aliphatic rings. The fourth-order valence-electron chi connectivity index (χ4n) is 3.52. The molecule has 144 valence electrons. The van der Waals surface area contributed by atoms with Crippen molar-refractivity contribution in [3.8, 4) is 11.1 Å². The normalized spacial score (nSPS) is 12.0. The van der Waals surface area contributed by atoms with E-state index in [0.29, 0.717) is 13.0 Å². The number of hydrogen-bond acceptors (Lipinski definition) is 2. The number of nitrogens with one attached hydrogen (secondary N) is 1. The van der Waals surface area contributed by atoms with Crippen molar-refractivity contribution in [3.05, 3.63) is 108 Å². The van der Waals surface area contributed by atoms with Gasteiger partial charge in [0, 0.05) is 6.54 Å². The van der Waals surface area contributed by atoms with Crippen molar-refractivity contribution in [1.29, 1.82) is 0 Å². The Morgan fingerprint density at radius 2 is 1.38 bits per heavy atom. The van der Waals surface area contributed by atoms with E-state index in [-0.39, 0.29) is 0 Å². The minimum atomic E-state index is -0.834. The number of carboxylic acids is 1. The summed E-state index contributed by atoms with van der Waals surface area (Å²) in [4.78, 5) is 11.7. The topological polar surface area (TPSA) is 49.3 Å². The van der Waals surface area contributed by atoms with Crippen LogP contribution in [0.3, 0.4) is 0 Å². The number of carboxylic acid groups (broad SMARTS) is 1. The zero-order valence-corrected chi connectivity index (χ0v) is 16.1. The first-order valence-corrected chi connectivity index (χ1v) is 9.77. The zero-order chi connectivity index (χ0) is 20.1. The Morgan fingerprint density at radius 3 is 2.10 bits per heavy atom. The monoisotopic (exact) mass is 381 g/mol.